The highest BCUT2D eigenvalue weighted by Crippen LogP contribution is 2.12. The number of pyridine rings is 1. The van der Waals surface area contributed by atoms with Crippen LogP contribution in [0.4, 0.5) is 0 Å². The summed E-state index contributed by atoms with van der Waals surface area (Å²) in [6.45, 7) is 6.98. The molecule has 0 amide bonds. The third kappa shape index (κ3) is 3.90. The Hall–Kier alpha value is -0.860. The minimum Gasteiger partial charge on any atom is -0.376 e. The number of hydrogen-bond acceptors (Lipinski definition) is 2. The minimum absolute atomic E-state index is 0.514. The van der Waals surface area contributed by atoms with E-state index in [0.717, 1.165) is 17.6 Å². The zero-order valence-electron chi connectivity index (χ0n) is 8.29. The largest absolute Gasteiger partial charge is 0.376 e. The molecule has 0 aliphatic rings. The number of rotatable bonds is 5. The fourth-order valence-electron chi connectivity index (χ4n) is 0.956. The summed E-state index contributed by atoms with van der Waals surface area (Å²) in [4.78, 5) is 3.96. The van der Waals surface area contributed by atoms with E-state index >= 15 is 0 Å². The summed E-state index contributed by atoms with van der Waals surface area (Å²) in [5.74, 6) is 0. The molecule has 0 saturated carbocycles. The van der Waals surface area contributed by atoms with E-state index in [4.69, 9.17) is 16.3 Å². The van der Waals surface area contributed by atoms with Crippen LogP contribution in [0.1, 0.15) is 18.9 Å². The maximum absolute atomic E-state index is 5.86. The van der Waals surface area contributed by atoms with Gasteiger partial charge in [0.1, 0.15) is 5.15 Å². The van der Waals surface area contributed by atoms with Gasteiger partial charge in [-0.3, -0.25) is 0 Å². The first kappa shape index (κ1) is 11.2. The monoisotopic (exact) mass is 211 g/mol. The second-order valence-electron chi connectivity index (χ2n) is 3.21. The summed E-state index contributed by atoms with van der Waals surface area (Å²) in [7, 11) is 0. The Balaban J connectivity index is 2.31. The molecule has 0 unspecified atom stereocenters. The highest BCUT2D eigenvalue weighted by Gasteiger charge is 1.99. The predicted molar refractivity (Wildman–Crippen MR) is 58.3 cm³/mol. The first-order valence-corrected chi connectivity index (χ1v) is 4.89. The predicted octanol–water partition coefficient (Wildman–Crippen LogP) is 3.22. The van der Waals surface area contributed by atoms with Gasteiger partial charge < -0.3 is 4.74 Å². The lowest BCUT2D eigenvalue weighted by atomic mass is 10.2. The molecule has 2 nitrogen and oxygen atoms in total. The highest BCUT2D eigenvalue weighted by molar-refractivity contribution is 6.30. The van der Waals surface area contributed by atoms with Gasteiger partial charge >= 0.3 is 0 Å². The number of aromatic nitrogens is 1. The van der Waals surface area contributed by atoms with E-state index in [1.54, 1.807) is 6.20 Å². The smallest absolute Gasteiger partial charge is 0.134 e. The summed E-state index contributed by atoms with van der Waals surface area (Å²) in [5.41, 5.74) is 2.05. The Morgan fingerprint density at radius 3 is 3.07 bits per heavy atom. The summed E-state index contributed by atoms with van der Waals surface area (Å²) in [6.07, 6.45) is 2.55. The van der Waals surface area contributed by atoms with E-state index in [1.165, 1.54) is 0 Å². The van der Waals surface area contributed by atoms with Crippen molar-refractivity contribution < 1.29 is 4.74 Å². The Morgan fingerprint density at radius 2 is 2.43 bits per heavy atom. The van der Waals surface area contributed by atoms with Crippen molar-refractivity contribution in [3.05, 3.63) is 41.2 Å². The third-order valence-corrected chi connectivity index (χ3v) is 2.11. The standard InChI is InChI=1S/C11H14ClNO/c1-9(2)5-7-14-8-10-4-3-6-13-11(10)12/h3-4,6H,1,5,7-8H2,2H3. The first-order chi connectivity index (χ1) is 6.70. The van der Waals surface area contributed by atoms with Crippen LogP contribution in [0.15, 0.2) is 30.5 Å². The van der Waals surface area contributed by atoms with Crippen molar-refractivity contribution >= 4 is 11.6 Å². The normalized spacial score (nSPS) is 10.1. The molecule has 76 valence electrons. The molecule has 1 aromatic rings. The molecule has 0 aliphatic heterocycles. The summed E-state index contributed by atoms with van der Waals surface area (Å²) in [5, 5.41) is 0.517. The lowest BCUT2D eigenvalue weighted by Gasteiger charge is -2.04. The van der Waals surface area contributed by atoms with Gasteiger partial charge in [-0.2, -0.15) is 0 Å². The molecule has 0 radical (unpaired) electrons. The van der Waals surface area contributed by atoms with Gasteiger partial charge in [0.05, 0.1) is 13.2 Å². The highest BCUT2D eigenvalue weighted by atomic mass is 35.5. The van der Waals surface area contributed by atoms with Crippen LogP contribution in [0, 0.1) is 0 Å². The topological polar surface area (TPSA) is 22.1 Å². The molecule has 0 bridgehead atoms. The number of nitrogens with zero attached hydrogens (tertiary/aromatic N) is 1. The van der Waals surface area contributed by atoms with Crippen LogP contribution in [0.25, 0.3) is 0 Å². The van der Waals surface area contributed by atoms with E-state index in [0.29, 0.717) is 18.4 Å². The molecule has 14 heavy (non-hydrogen) atoms. The fraction of sp³-hybridized carbons (Fsp3) is 0.364. The van der Waals surface area contributed by atoms with Gasteiger partial charge in [-0.15, -0.1) is 6.58 Å². The Labute approximate surface area is 89.6 Å². The quantitative estimate of drug-likeness (QED) is 0.424. The molecule has 0 atom stereocenters. The minimum atomic E-state index is 0.514. The lowest BCUT2D eigenvalue weighted by Crippen LogP contribution is -1.97. The third-order valence-electron chi connectivity index (χ3n) is 1.77. The van der Waals surface area contributed by atoms with Crippen molar-refractivity contribution in [2.45, 2.75) is 20.0 Å². The van der Waals surface area contributed by atoms with Gasteiger partial charge in [0.15, 0.2) is 0 Å². The zero-order valence-corrected chi connectivity index (χ0v) is 9.05. The van der Waals surface area contributed by atoms with Crippen molar-refractivity contribution in [1.82, 2.24) is 4.98 Å². The second-order valence-corrected chi connectivity index (χ2v) is 3.57. The average Bonchev–Trinajstić information content (AvgIpc) is 2.15. The second kappa shape index (κ2) is 5.78. The van der Waals surface area contributed by atoms with Crippen molar-refractivity contribution in [3.8, 4) is 0 Å². The molecule has 0 saturated heterocycles. The van der Waals surface area contributed by atoms with Crippen LogP contribution in [-0.2, 0) is 11.3 Å². The van der Waals surface area contributed by atoms with Gasteiger partial charge in [0, 0.05) is 11.8 Å². The van der Waals surface area contributed by atoms with Crippen molar-refractivity contribution in [1.29, 1.82) is 0 Å². The number of halogens is 1. The molecule has 1 heterocycles. The summed E-state index contributed by atoms with van der Waals surface area (Å²) < 4.78 is 5.43. The molecule has 0 fully saturated rings. The van der Waals surface area contributed by atoms with E-state index < -0.39 is 0 Å². The Morgan fingerprint density at radius 1 is 1.64 bits per heavy atom. The van der Waals surface area contributed by atoms with Crippen LogP contribution in [-0.4, -0.2) is 11.6 Å². The van der Waals surface area contributed by atoms with Gasteiger partial charge in [-0.05, 0) is 19.4 Å². The zero-order chi connectivity index (χ0) is 10.4. The SMILES string of the molecule is C=C(C)CCOCc1cccnc1Cl. The summed E-state index contributed by atoms with van der Waals surface area (Å²) >= 11 is 5.86. The van der Waals surface area contributed by atoms with Crippen molar-refractivity contribution in [2.24, 2.45) is 0 Å². The fourth-order valence-corrected chi connectivity index (χ4v) is 1.13. The molecule has 0 spiro atoms. The van der Waals surface area contributed by atoms with Crippen LogP contribution in [0.5, 0.6) is 0 Å². The Bertz CT molecular complexity index is 312. The van der Waals surface area contributed by atoms with Gasteiger partial charge in [0.2, 0.25) is 0 Å². The molecular weight excluding hydrogens is 198 g/mol. The molecular formula is C11H14ClNO. The van der Waals surface area contributed by atoms with E-state index in [2.05, 4.69) is 11.6 Å². The molecule has 1 aromatic heterocycles. The van der Waals surface area contributed by atoms with E-state index in [1.807, 2.05) is 19.1 Å². The Kier molecular flexibility index (Phi) is 4.63. The van der Waals surface area contributed by atoms with Crippen LogP contribution in [0.3, 0.4) is 0 Å². The molecule has 0 N–H and O–H groups in total. The van der Waals surface area contributed by atoms with E-state index in [-0.39, 0.29) is 0 Å². The number of ether oxygens (including phenoxy) is 1. The van der Waals surface area contributed by atoms with Crippen molar-refractivity contribution in [3.63, 3.8) is 0 Å². The van der Waals surface area contributed by atoms with Gasteiger partial charge in [0.25, 0.3) is 0 Å². The molecule has 0 aliphatic carbocycles. The maximum atomic E-state index is 5.86. The maximum Gasteiger partial charge on any atom is 0.134 e. The summed E-state index contributed by atoms with van der Waals surface area (Å²) in [6, 6.07) is 3.76. The van der Waals surface area contributed by atoms with Gasteiger partial charge in [-0.1, -0.05) is 23.2 Å². The van der Waals surface area contributed by atoms with Gasteiger partial charge in [-0.25, -0.2) is 4.98 Å². The van der Waals surface area contributed by atoms with Crippen LogP contribution < -0.4 is 0 Å². The van der Waals surface area contributed by atoms with Crippen molar-refractivity contribution in [2.75, 3.05) is 6.61 Å². The molecule has 1 rings (SSSR count). The lowest BCUT2D eigenvalue weighted by molar-refractivity contribution is 0.123. The molecule has 0 aromatic carbocycles. The van der Waals surface area contributed by atoms with Crippen LogP contribution in [0.2, 0.25) is 5.15 Å². The molecule has 3 heteroatoms. The van der Waals surface area contributed by atoms with E-state index in [9.17, 15) is 0 Å². The first-order valence-electron chi connectivity index (χ1n) is 4.51. The average molecular weight is 212 g/mol. The van der Waals surface area contributed by atoms with Crippen LogP contribution >= 0.6 is 11.6 Å². The number of hydrogen-bond donors (Lipinski definition) is 0.